The molecule has 5 heteroatoms. The van der Waals surface area contributed by atoms with Crippen molar-refractivity contribution >= 4 is 11.6 Å². The van der Waals surface area contributed by atoms with Crippen molar-refractivity contribution in [2.75, 3.05) is 11.9 Å². The molecule has 20 heavy (non-hydrogen) atoms. The summed E-state index contributed by atoms with van der Waals surface area (Å²) in [6, 6.07) is 9.53. The second-order valence-corrected chi connectivity index (χ2v) is 5.12. The number of rotatable bonds is 5. The summed E-state index contributed by atoms with van der Waals surface area (Å²) in [4.78, 5) is 12.1. The van der Waals surface area contributed by atoms with Gasteiger partial charge in [-0.05, 0) is 29.7 Å². The number of hydrogen-bond acceptors (Lipinski definition) is 3. The van der Waals surface area contributed by atoms with Crippen LogP contribution in [0.1, 0.15) is 13.8 Å². The lowest BCUT2D eigenvalue weighted by atomic mass is 9.95. The van der Waals surface area contributed by atoms with E-state index in [2.05, 4.69) is 15.5 Å². The Bertz CT molecular complexity index is 546. The first-order valence-corrected chi connectivity index (χ1v) is 6.72. The van der Waals surface area contributed by atoms with Crippen molar-refractivity contribution in [2.24, 2.45) is 17.6 Å². The number of nitrogens with one attached hydrogen (secondary N) is 2. The molecular formula is C15H20N4O. The van der Waals surface area contributed by atoms with Crippen LogP contribution in [0, 0.1) is 11.8 Å². The summed E-state index contributed by atoms with van der Waals surface area (Å²) in [5.41, 5.74) is 8.40. The van der Waals surface area contributed by atoms with E-state index in [1.54, 1.807) is 6.20 Å². The Morgan fingerprint density at radius 2 is 2.00 bits per heavy atom. The van der Waals surface area contributed by atoms with Crippen molar-refractivity contribution in [1.82, 2.24) is 10.2 Å². The lowest BCUT2D eigenvalue weighted by Gasteiger charge is -2.18. The first-order valence-electron chi connectivity index (χ1n) is 6.72. The Kier molecular flexibility index (Phi) is 4.53. The van der Waals surface area contributed by atoms with E-state index in [1.165, 1.54) is 0 Å². The molecule has 1 atom stereocenters. The largest absolute Gasteiger partial charge is 0.330 e. The van der Waals surface area contributed by atoms with E-state index in [4.69, 9.17) is 5.73 Å². The number of anilines is 1. The third kappa shape index (κ3) is 3.24. The van der Waals surface area contributed by atoms with Crippen LogP contribution in [0.3, 0.4) is 0 Å². The minimum atomic E-state index is -0.165. The van der Waals surface area contributed by atoms with Gasteiger partial charge in [-0.1, -0.05) is 26.0 Å². The molecule has 106 valence electrons. The molecule has 1 heterocycles. The van der Waals surface area contributed by atoms with Gasteiger partial charge in [-0.3, -0.25) is 9.89 Å². The summed E-state index contributed by atoms with van der Waals surface area (Å²) in [5.74, 6) is 0.0309. The van der Waals surface area contributed by atoms with Crippen LogP contribution in [0.15, 0.2) is 36.5 Å². The van der Waals surface area contributed by atoms with Gasteiger partial charge in [0.05, 0.1) is 11.6 Å². The van der Waals surface area contributed by atoms with Crippen LogP contribution in [-0.4, -0.2) is 22.6 Å². The zero-order chi connectivity index (χ0) is 14.5. The summed E-state index contributed by atoms with van der Waals surface area (Å²) in [6.07, 6.45) is 1.71. The Morgan fingerprint density at radius 3 is 2.50 bits per heavy atom. The van der Waals surface area contributed by atoms with Gasteiger partial charge in [0.2, 0.25) is 5.91 Å². The highest BCUT2D eigenvalue weighted by molar-refractivity contribution is 5.93. The molecule has 1 amide bonds. The first kappa shape index (κ1) is 14.3. The molecule has 0 fully saturated rings. The van der Waals surface area contributed by atoms with E-state index >= 15 is 0 Å². The Hall–Kier alpha value is -2.14. The van der Waals surface area contributed by atoms with Crippen molar-refractivity contribution in [3.8, 4) is 11.3 Å². The summed E-state index contributed by atoms with van der Waals surface area (Å²) in [6.45, 7) is 4.35. The van der Waals surface area contributed by atoms with Gasteiger partial charge in [0.25, 0.3) is 0 Å². The quantitative estimate of drug-likeness (QED) is 0.780. The maximum atomic E-state index is 12.1. The van der Waals surface area contributed by atoms with Crippen molar-refractivity contribution in [1.29, 1.82) is 0 Å². The molecular weight excluding hydrogens is 252 g/mol. The topological polar surface area (TPSA) is 83.8 Å². The number of H-pyrrole nitrogens is 1. The molecule has 0 saturated carbocycles. The van der Waals surface area contributed by atoms with E-state index in [0.717, 1.165) is 16.9 Å². The van der Waals surface area contributed by atoms with Gasteiger partial charge in [0.1, 0.15) is 0 Å². The third-order valence-corrected chi connectivity index (χ3v) is 3.36. The third-order valence-electron chi connectivity index (χ3n) is 3.36. The smallest absolute Gasteiger partial charge is 0.229 e. The van der Waals surface area contributed by atoms with Crippen LogP contribution >= 0.6 is 0 Å². The van der Waals surface area contributed by atoms with Gasteiger partial charge in [-0.2, -0.15) is 5.10 Å². The Balaban J connectivity index is 2.06. The summed E-state index contributed by atoms with van der Waals surface area (Å²) in [5, 5.41) is 9.72. The fraction of sp³-hybridized carbons (Fsp3) is 0.333. The number of hydrogen-bond donors (Lipinski definition) is 3. The van der Waals surface area contributed by atoms with E-state index in [1.807, 2.05) is 44.2 Å². The van der Waals surface area contributed by atoms with Gasteiger partial charge < -0.3 is 11.1 Å². The molecule has 1 unspecified atom stereocenters. The number of nitrogens with zero attached hydrogens (tertiary/aromatic N) is 1. The van der Waals surface area contributed by atoms with Crippen molar-refractivity contribution in [3.05, 3.63) is 36.5 Å². The predicted molar refractivity (Wildman–Crippen MR) is 80.0 cm³/mol. The summed E-state index contributed by atoms with van der Waals surface area (Å²) < 4.78 is 0. The van der Waals surface area contributed by atoms with Crippen molar-refractivity contribution in [2.45, 2.75) is 13.8 Å². The first-order chi connectivity index (χ1) is 9.61. The van der Waals surface area contributed by atoms with Crippen molar-refractivity contribution in [3.63, 3.8) is 0 Å². The normalized spacial score (nSPS) is 12.4. The maximum absolute atomic E-state index is 12.1. The number of carbonyl (C=O) groups is 1. The van der Waals surface area contributed by atoms with Crippen LogP contribution in [0.4, 0.5) is 5.69 Å². The molecule has 0 bridgehead atoms. The van der Waals surface area contributed by atoms with Gasteiger partial charge >= 0.3 is 0 Å². The summed E-state index contributed by atoms with van der Waals surface area (Å²) in [7, 11) is 0. The number of carbonyl (C=O) groups excluding carboxylic acids is 1. The number of aromatic amines is 1. The van der Waals surface area contributed by atoms with Gasteiger partial charge in [0.15, 0.2) is 0 Å². The van der Waals surface area contributed by atoms with Gasteiger partial charge in [-0.15, -0.1) is 0 Å². The number of aromatic nitrogens is 2. The summed E-state index contributed by atoms with van der Waals surface area (Å²) >= 11 is 0. The molecule has 0 radical (unpaired) electrons. The van der Waals surface area contributed by atoms with Crippen LogP contribution in [0.25, 0.3) is 11.3 Å². The van der Waals surface area contributed by atoms with E-state index in [9.17, 15) is 4.79 Å². The van der Waals surface area contributed by atoms with Gasteiger partial charge in [-0.25, -0.2) is 0 Å². The molecule has 1 aromatic heterocycles. The molecule has 2 rings (SSSR count). The van der Waals surface area contributed by atoms with E-state index in [-0.39, 0.29) is 17.7 Å². The molecule has 0 spiro atoms. The standard InChI is InChI=1S/C15H20N4O/c1-10(2)13(9-16)15(20)18-12-5-3-11(4-6-12)14-7-8-17-19-14/h3-8,10,13H,9,16H2,1-2H3,(H,17,19)(H,18,20). The van der Waals surface area contributed by atoms with Crippen molar-refractivity contribution < 1.29 is 4.79 Å². The Labute approximate surface area is 118 Å². The Morgan fingerprint density at radius 1 is 1.30 bits per heavy atom. The number of amides is 1. The second kappa shape index (κ2) is 6.34. The average Bonchev–Trinajstić information content (AvgIpc) is 2.94. The molecule has 4 N–H and O–H groups in total. The fourth-order valence-electron chi connectivity index (χ4n) is 2.07. The molecule has 0 aliphatic heterocycles. The lowest BCUT2D eigenvalue weighted by Crippen LogP contribution is -2.33. The average molecular weight is 272 g/mol. The molecule has 2 aromatic rings. The number of benzene rings is 1. The highest BCUT2D eigenvalue weighted by Gasteiger charge is 2.20. The predicted octanol–water partition coefficient (Wildman–Crippen LogP) is 2.25. The fourth-order valence-corrected chi connectivity index (χ4v) is 2.07. The van der Waals surface area contributed by atoms with E-state index < -0.39 is 0 Å². The van der Waals surface area contributed by atoms with Crippen LogP contribution in [0.5, 0.6) is 0 Å². The zero-order valence-corrected chi connectivity index (χ0v) is 11.8. The minimum Gasteiger partial charge on any atom is -0.330 e. The molecule has 0 saturated heterocycles. The second-order valence-electron chi connectivity index (χ2n) is 5.12. The molecule has 0 aliphatic carbocycles. The van der Waals surface area contributed by atoms with E-state index in [0.29, 0.717) is 6.54 Å². The lowest BCUT2D eigenvalue weighted by molar-refractivity contribution is -0.120. The maximum Gasteiger partial charge on any atom is 0.229 e. The zero-order valence-electron chi connectivity index (χ0n) is 11.8. The molecule has 0 aliphatic rings. The monoisotopic (exact) mass is 272 g/mol. The molecule has 1 aromatic carbocycles. The van der Waals surface area contributed by atoms with Crippen LogP contribution in [-0.2, 0) is 4.79 Å². The highest BCUT2D eigenvalue weighted by Crippen LogP contribution is 2.20. The highest BCUT2D eigenvalue weighted by atomic mass is 16.1. The minimum absolute atomic E-state index is 0.0307. The number of nitrogens with two attached hydrogens (primary N) is 1. The molecule has 5 nitrogen and oxygen atoms in total. The van der Waals surface area contributed by atoms with Gasteiger partial charge in [0, 0.05) is 18.4 Å². The van der Waals surface area contributed by atoms with Crippen LogP contribution in [0.2, 0.25) is 0 Å². The SMILES string of the molecule is CC(C)C(CN)C(=O)Nc1ccc(-c2ccn[nH]2)cc1. The van der Waals surface area contributed by atoms with Crippen LogP contribution < -0.4 is 11.1 Å².